The average Bonchev–Trinajstić information content (AvgIpc) is 2.65. The normalized spacial score (nSPS) is 14.7. The Labute approximate surface area is 183 Å². The fraction of sp³-hybridized carbons (Fsp3) is 0.421. The molecule has 1 aliphatic heterocycles. The van der Waals surface area contributed by atoms with Crippen molar-refractivity contribution in [2.75, 3.05) is 38.1 Å². The van der Waals surface area contributed by atoms with Crippen LogP contribution in [0.15, 0.2) is 35.5 Å². The van der Waals surface area contributed by atoms with Crippen LogP contribution in [-0.4, -0.2) is 54.1 Å². The minimum Gasteiger partial charge on any atom is -0.368 e. The van der Waals surface area contributed by atoms with Gasteiger partial charge in [0.15, 0.2) is 5.96 Å². The number of hydrogen-bond donors (Lipinski definition) is 1. The lowest BCUT2D eigenvalue weighted by molar-refractivity contribution is 0.372. The summed E-state index contributed by atoms with van der Waals surface area (Å²) in [5, 5.41) is 4.19. The van der Waals surface area contributed by atoms with E-state index < -0.39 is 0 Å². The Morgan fingerprint density at radius 2 is 1.93 bits per heavy atom. The first-order valence-electron chi connectivity index (χ1n) is 8.82. The van der Waals surface area contributed by atoms with Crippen LogP contribution < -0.4 is 10.2 Å². The zero-order chi connectivity index (χ0) is 18.5. The van der Waals surface area contributed by atoms with Crippen molar-refractivity contribution in [1.82, 2.24) is 20.2 Å². The largest absolute Gasteiger partial charge is 0.368 e. The van der Waals surface area contributed by atoms with Gasteiger partial charge >= 0.3 is 0 Å². The molecule has 1 N–H and O–H groups in total. The van der Waals surface area contributed by atoms with Gasteiger partial charge in [0, 0.05) is 50.1 Å². The second-order valence-electron chi connectivity index (χ2n) is 6.40. The molecule has 1 saturated heterocycles. The van der Waals surface area contributed by atoms with Crippen LogP contribution in [0.5, 0.6) is 0 Å². The molecular formula is C19H26ClIN6. The fourth-order valence-corrected chi connectivity index (χ4v) is 3.35. The highest BCUT2D eigenvalue weighted by Gasteiger charge is 2.21. The molecule has 0 bridgehead atoms. The molecule has 0 spiro atoms. The molecule has 1 aromatic carbocycles. The first kappa shape index (κ1) is 21.7. The van der Waals surface area contributed by atoms with Gasteiger partial charge in [0.25, 0.3) is 0 Å². The predicted molar refractivity (Wildman–Crippen MR) is 122 cm³/mol. The van der Waals surface area contributed by atoms with Crippen molar-refractivity contribution >= 4 is 47.2 Å². The maximum atomic E-state index is 6.17. The molecule has 0 aliphatic carbocycles. The first-order chi connectivity index (χ1) is 12.6. The lowest BCUT2D eigenvalue weighted by atomic mass is 10.1. The Morgan fingerprint density at radius 1 is 1.19 bits per heavy atom. The minimum atomic E-state index is 0. The Morgan fingerprint density at radius 3 is 2.59 bits per heavy atom. The second kappa shape index (κ2) is 10.1. The van der Waals surface area contributed by atoms with E-state index in [1.165, 1.54) is 11.3 Å². The molecule has 1 aliphatic rings. The summed E-state index contributed by atoms with van der Waals surface area (Å²) in [6.45, 7) is 8.37. The van der Waals surface area contributed by atoms with E-state index in [0.29, 0.717) is 6.54 Å². The number of nitrogens with zero attached hydrogens (tertiary/aromatic N) is 5. The van der Waals surface area contributed by atoms with Crippen molar-refractivity contribution in [2.45, 2.75) is 20.4 Å². The van der Waals surface area contributed by atoms with Gasteiger partial charge in [-0.25, -0.2) is 9.97 Å². The number of hydrogen-bond acceptors (Lipinski definition) is 4. The van der Waals surface area contributed by atoms with E-state index in [-0.39, 0.29) is 24.0 Å². The van der Waals surface area contributed by atoms with Crippen molar-refractivity contribution in [3.8, 4) is 0 Å². The van der Waals surface area contributed by atoms with Crippen molar-refractivity contribution in [1.29, 1.82) is 0 Å². The van der Waals surface area contributed by atoms with Crippen LogP contribution >= 0.6 is 35.6 Å². The summed E-state index contributed by atoms with van der Waals surface area (Å²) in [6, 6.07) is 8.00. The molecule has 1 aromatic heterocycles. The zero-order valence-electron chi connectivity index (χ0n) is 15.9. The zero-order valence-corrected chi connectivity index (χ0v) is 19.0. The van der Waals surface area contributed by atoms with Crippen molar-refractivity contribution < 1.29 is 0 Å². The molecule has 1 fully saturated rings. The monoisotopic (exact) mass is 500 g/mol. The molecule has 0 saturated carbocycles. The molecule has 8 heteroatoms. The molecule has 0 radical (unpaired) electrons. The highest BCUT2D eigenvalue weighted by molar-refractivity contribution is 14.0. The van der Waals surface area contributed by atoms with Crippen LogP contribution in [0.4, 0.5) is 5.69 Å². The summed E-state index contributed by atoms with van der Waals surface area (Å²) in [6.07, 6.45) is 1.79. The summed E-state index contributed by atoms with van der Waals surface area (Å²) >= 11 is 6.17. The van der Waals surface area contributed by atoms with Crippen LogP contribution in [-0.2, 0) is 6.54 Å². The third-order valence-electron chi connectivity index (χ3n) is 4.56. The molecule has 146 valence electrons. The topological polar surface area (TPSA) is 56.7 Å². The van der Waals surface area contributed by atoms with E-state index >= 15 is 0 Å². The van der Waals surface area contributed by atoms with Gasteiger partial charge in [-0.2, -0.15) is 0 Å². The molecule has 0 unspecified atom stereocenters. The van der Waals surface area contributed by atoms with Gasteiger partial charge in [-0.3, -0.25) is 4.99 Å². The van der Waals surface area contributed by atoms with Crippen LogP contribution in [0.3, 0.4) is 0 Å². The van der Waals surface area contributed by atoms with Gasteiger partial charge < -0.3 is 15.1 Å². The lowest BCUT2D eigenvalue weighted by Crippen LogP contribution is -2.52. The standard InChI is InChI=1S/C19H25ClN6.HI/c1-14-4-5-16(20)12-18(14)25-8-10-26(11-9-25)19(21-3)23-13-17-6-7-22-15(2)24-17;/h4-7,12H,8-11,13H2,1-3H3,(H,21,23);1H. The van der Waals surface area contributed by atoms with E-state index in [4.69, 9.17) is 11.6 Å². The molecule has 27 heavy (non-hydrogen) atoms. The molecule has 0 atom stereocenters. The van der Waals surface area contributed by atoms with E-state index in [1.54, 1.807) is 6.20 Å². The van der Waals surface area contributed by atoms with Crippen LogP contribution in [0.25, 0.3) is 0 Å². The molecule has 2 aromatic rings. The number of aliphatic imine (C=N–C) groups is 1. The van der Waals surface area contributed by atoms with E-state index in [9.17, 15) is 0 Å². The number of anilines is 1. The van der Waals surface area contributed by atoms with Gasteiger partial charge in [-0.1, -0.05) is 17.7 Å². The second-order valence-corrected chi connectivity index (χ2v) is 6.84. The number of nitrogens with one attached hydrogen (secondary N) is 1. The SMILES string of the molecule is CN=C(NCc1ccnc(C)n1)N1CCN(c2cc(Cl)ccc2C)CC1.I. The third kappa shape index (κ3) is 5.68. The number of aromatic nitrogens is 2. The van der Waals surface area contributed by atoms with Gasteiger partial charge in [-0.05, 0) is 37.6 Å². The van der Waals surface area contributed by atoms with Gasteiger partial charge in [0.05, 0.1) is 12.2 Å². The fourth-order valence-electron chi connectivity index (χ4n) is 3.19. The minimum absolute atomic E-state index is 0. The molecular weight excluding hydrogens is 475 g/mol. The molecule has 0 amide bonds. The Kier molecular flexibility index (Phi) is 8.09. The Balaban J connectivity index is 0.00000261. The number of rotatable bonds is 3. The van der Waals surface area contributed by atoms with E-state index in [1.807, 2.05) is 26.1 Å². The highest BCUT2D eigenvalue weighted by atomic mass is 127. The molecule has 2 heterocycles. The van der Waals surface area contributed by atoms with E-state index in [0.717, 1.165) is 48.7 Å². The number of piperazine rings is 1. The van der Waals surface area contributed by atoms with E-state index in [2.05, 4.69) is 49.1 Å². The quantitative estimate of drug-likeness (QED) is 0.398. The van der Waals surface area contributed by atoms with Gasteiger partial charge in [0.2, 0.25) is 0 Å². The summed E-state index contributed by atoms with van der Waals surface area (Å²) < 4.78 is 0. The van der Waals surface area contributed by atoms with Crippen molar-refractivity contribution in [3.05, 3.63) is 52.6 Å². The van der Waals surface area contributed by atoms with Crippen LogP contribution in [0.1, 0.15) is 17.1 Å². The molecule has 6 nitrogen and oxygen atoms in total. The average molecular weight is 501 g/mol. The highest BCUT2D eigenvalue weighted by Crippen LogP contribution is 2.25. The predicted octanol–water partition coefficient (Wildman–Crippen LogP) is 3.26. The number of guanidine groups is 1. The summed E-state index contributed by atoms with van der Waals surface area (Å²) in [5.74, 6) is 1.69. The van der Waals surface area contributed by atoms with Gasteiger partial charge in [-0.15, -0.1) is 24.0 Å². The summed E-state index contributed by atoms with van der Waals surface area (Å²) in [4.78, 5) is 17.7. The maximum absolute atomic E-state index is 6.17. The maximum Gasteiger partial charge on any atom is 0.194 e. The van der Waals surface area contributed by atoms with Crippen molar-refractivity contribution in [2.24, 2.45) is 4.99 Å². The van der Waals surface area contributed by atoms with Crippen molar-refractivity contribution in [3.63, 3.8) is 0 Å². The van der Waals surface area contributed by atoms with Gasteiger partial charge in [0.1, 0.15) is 5.82 Å². The third-order valence-corrected chi connectivity index (χ3v) is 4.80. The summed E-state index contributed by atoms with van der Waals surface area (Å²) in [7, 11) is 1.82. The smallest absolute Gasteiger partial charge is 0.194 e. The van der Waals surface area contributed by atoms with Crippen LogP contribution in [0.2, 0.25) is 5.02 Å². The Bertz CT molecular complexity index is 790. The van der Waals surface area contributed by atoms with Crippen LogP contribution in [0, 0.1) is 13.8 Å². The number of aryl methyl sites for hydroxylation is 2. The molecule has 3 rings (SSSR count). The number of benzene rings is 1. The Hall–Kier alpha value is -1.61. The first-order valence-corrected chi connectivity index (χ1v) is 9.20. The lowest BCUT2D eigenvalue weighted by Gasteiger charge is -2.38. The summed E-state index contributed by atoms with van der Waals surface area (Å²) in [5.41, 5.74) is 3.44. The number of halogens is 2.